The van der Waals surface area contributed by atoms with Gasteiger partial charge in [-0.15, -0.1) is 12.3 Å². The van der Waals surface area contributed by atoms with Crippen molar-refractivity contribution >= 4 is 17.4 Å². The first-order valence-corrected chi connectivity index (χ1v) is 4.86. The van der Waals surface area contributed by atoms with Crippen molar-refractivity contribution in [3.63, 3.8) is 0 Å². The van der Waals surface area contributed by atoms with Gasteiger partial charge in [-0.1, -0.05) is 0 Å². The Morgan fingerprint density at radius 1 is 1.41 bits per heavy atom. The number of hydrogen-bond donors (Lipinski definition) is 2. The van der Waals surface area contributed by atoms with Gasteiger partial charge in [0.2, 0.25) is 0 Å². The zero-order valence-electron chi connectivity index (χ0n) is 8.97. The summed E-state index contributed by atoms with van der Waals surface area (Å²) in [7, 11) is 0. The lowest BCUT2D eigenvalue weighted by atomic mass is 10.3. The average molecular weight is 233 g/mol. The molecule has 0 fully saturated rings. The van der Waals surface area contributed by atoms with Crippen molar-refractivity contribution in [1.82, 2.24) is 5.32 Å². The molecular weight excluding hydrogens is 222 g/mol. The second kappa shape index (κ2) is 6.12. The molecule has 88 valence electrons. The Balaban J connectivity index is 2.49. The zero-order chi connectivity index (χ0) is 12.7. The minimum atomic E-state index is -0.503. The van der Waals surface area contributed by atoms with E-state index in [1.807, 2.05) is 0 Å². The van der Waals surface area contributed by atoms with Crippen LogP contribution in [0.4, 0.5) is 16.2 Å². The van der Waals surface area contributed by atoms with Gasteiger partial charge < -0.3 is 10.6 Å². The van der Waals surface area contributed by atoms with Crippen LogP contribution >= 0.6 is 0 Å². The van der Waals surface area contributed by atoms with Gasteiger partial charge in [-0.2, -0.15) is 0 Å². The summed E-state index contributed by atoms with van der Waals surface area (Å²) < 4.78 is 0. The number of anilines is 1. The molecule has 0 aromatic heterocycles. The van der Waals surface area contributed by atoms with Crippen LogP contribution in [0.25, 0.3) is 0 Å². The first kappa shape index (κ1) is 12.5. The number of nitro groups is 1. The van der Waals surface area contributed by atoms with E-state index in [-0.39, 0.29) is 5.69 Å². The van der Waals surface area contributed by atoms with E-state index in [0.29, 0.717) is 18.7 Å². The number of urea groups is 1. The molecule has 2 N–H and O–H groups in total. The molecule has 6 heteroatoms. The predicted octanol–water partition coefficient (Wildman–Crippen LogP) is 1.74. The van der Waals surface area contributed by atoms with Crippen molar-refractivity contribution < 1.29 is 9.72 Å². The minimum Gasteiger partial charge on any atom is -0.337 e. The fraction of sp³-hybridized carbons (Fsp3) is 0.182. The summed E-state index contributed by atoms with van der Waals surface area (Å²) in [6.45, 7) is 0.384. The van der Waals surface area contributed by atoms with E-state index in [1.165, 1.54) is 24.3 Å². The van der Waals surface area contributed by atoms with Crippen molar-refractivity contribution in [2.24, 2.45) is 0 Å². The largest absolute Gasteiger partial charge is 0.337 e. The molecule has 0 atom stereocenters. The molecule has 0 heterocycles. The van der Waals surface area contributed by atoms with E-state index in [9.17, 15) is 14.9 Å². The molecule has 0 unspecified atom stereocenters. The van der Waals surface area contributed by atoms with E-state index in [0.717, 1.165) is 0 Å². The van der Waals surface area contributed by atoms with Gasteiger partial charge in [0.15, 0.2) is 0 Å². The number of benzene rings is 1. The number of carbonyl (C=O) groups is 1. The number of carbonyl (C=O) groups excluding carboxylic acids is 1. The van der Waals surface area contributed by atoms with Gasteiger partial charge in [0, 0.05) is 30.8 Å². The summed E-state index contributed by atoms with van der Waals surface area (Å²) in [5.41, 5.74) is 0.456. The SMILES string of the molecule is C#CCCNC(=O)Nc1ccc([N+](=O)[O-])cc1. The summed E-state index contributed by atoms with van der Waals surface area (Å²) >= 11 is 0. The summed E-state index contributed by atoms with van der Waals surface area (Å²) in [6, 6.07) is 5.15. The van der Waals surface area contributed by atoms with Gasteiger partial charge in [0.05, 0.1) is 4.92 Å². The Hall–Kier alpha value is -2.55. The number of nitrogens with one attached hydrogen (secondary N) is 2. The fourth-order valence-corrected chi connectivity index (χ4v) is 1.09. The van der Waals surface area contributed by atoms with Crippen LogP contribution in [0, 0.1) is 22.5 Å². The lowest BCUT2D eigenvalue weighted by molar-refractivity contribution is -0.384. The summed E-state index contributed by atoms with van der Waals surface area (Å²) in [6.07, 6.45) is 5.48. The monoisotopic (exact) mass is 233 g/mol. The van der Waals surface area contributed by atoms with Crippen LogP contribution in [0.3, 0.4) is 0 Å². The quantitative estimate of drug-likeness (QED) is 0.359. The molecule has 6 nitrogen and oxygen atoms in total. The number of nitrogens with zero attached hydrogens (tertiary/aromatic N) is 1. The maximum Gasteiger partial charge on any atom is 0.319 e. The van der Waals surface area contributed by atoms with Gasteiger partial charge in [-0.25, -0.2) is 4.79 Å². The van der Waals surface area contributed by atoms with Crippen LogP contribution in [-0.4, -0.2) is 17.5 Å². The molecule has 0 bridgehead atoms. The molecule has 0 aliphatic heterocycles. The predicted molar refractivity (Wildman–Crippen MR) is 63.6 cm³/mol. The third kappa shape index (κ3) is 4.22. The van der Waals surface area contributed by atoms with Crippen LogP contribution in [0.1, 0.15) is 6.42 Å². The molecule has 1 rings (SSSR count). The Kier molecular flexibility index (Phi) is 4.51. The minimum absolute atomic E-state index is 0.0247. The molecule has 2 amide bonds. The molecule has 0 saturated heterocycles. The summed E-state index contributed by atoms with van der Waals surface area (Å²) in [5, 5.41) is 15.5. The summed E-state index contributed by atoms with van der Waals surface area (Å²) in [4.78, 5) is 21.2. The van der Waals surface area contributed by atoms with Crippen LogP contribution in [-0.2, 0) is 0 Å². The molecule has 0 saturated carbocycles. The number of non-ortho nitro benzene ring substituents is 1. The van der Waals surface area contributed by atoms with Crippen molar-refractivity contribution in [2.45, 2.75) is 6.42 Å². The van der Waals surface area contributed by atoms with Crippen molar-refractivity contribution in [3.05, 3.63) is 34.4 Å². The van der Waals surface area contributed by atoms with Crippen LogP contribution in [0.5, 0.6) is 0 Å². The van der Waals surface area contributed by atoms with Crippen molar-refractivity contribution in [1.29, 1.82) is 0 Å². The van der Waals surface area contributed by atoms with Gasteiger partial charge in [0.25, 0.3) is 5.69 Å². The van der Waals surface area contributed by atoms with E-state index >= 15 is 0 Å². The zero-order valence-corrected chi connectivity index (χ0v) is 8.97. The van der Waals surface area contributed by atoms with Crippen molar-refractivity contribution in [3.8, 4) is 12.3 Å². The molecule has 0 radical (unpaired) electrons. The van der Waals surface area contributed by atoms with Crippen molar-refractivity contribution in [2.75, 3.05) is 11.9 Å². The summed E-state index contributed by atoms with van der Waals surface area (Å²) in [5.74, 6) is 2.39. The first-order valence-electron chi connectivity index (χ1n) is 4.86. The molecular formula is C11H11N3O3. The third-order valence-corrected chi connectivity index (χ3v) is 1.89. The number of rotatable bonds is 4. The highest BCUT2D eigenvalue weighted by Crippen LogP contribution is 2.14. The Labute approximate surface area is 98.2 Å². The van der Waals surface area contributed by atoms with Gasteiger partial charge in [-0.3, -0.25) is 10.1 Å². The second-order valence-electron chi connectivity index (χ2n) is 3.14. The third-order valence-electron chi connectivity index (χ3n) is 1.89. The lowest BCUT2D eigenvalue weighted by Crippen LogP contribution is -2.29. The normalized spacial score (nSPS) is 9.12. The maximum atomic E-state index is 11.3. The molecule has 0 aliphatic carbocycles. The molecule has 17 heavy (non-hydrogen) atoms. The smallest absolute Gasteiger partial charge is 0.319 e. The highest BCUT2D eigenvalue weighted by Gasteiger charge is 2.05. The molecule has 1 aromatic rings. The highest BCUT2D eigenvalue weighted by atomic mass is 16.6. The number of nitro benzene ring substituents is 1. The highest BCUT2D eigenvalue weighted by molar-refractivity contribution is 5.89. The van der Waals surface area contributed by atoms with Crippen LogP contribution < -0.4 is 10.6 Å². The Morgan fingerprint density at radius 3 is 2.59 bits per heavy atom. The first-order chi connectivity index (χ1) is 8.13. The van der Waals surface area contributed by atoms with Gasteiger partial charge >= 0.3 is 6.03 Å². The fourth-order valence-electron chi connectivity index (χ4n) is 1.09. The number of amides is 2. The maximum absolute atomic E-state index is 11.3. The van der Waals surface area contributed by atoms with Crippen LogP contribution in [0.15, 0.2) is 24.3 Å². The van der Waals surface area contributed by atoms with E-state index in [4.69, 9.17) is 6.42 Å². The van der Waals surface area contributed by atoms with Gasteiger partial charge in [0.1, 0.15) is 0 Å². The van der Waals surface area contributed by atoms with Crippen LogP contribution in [0.2, 0.25) is 0 Å². The number of hydrogen-bond acceptors (Lipinski definition) is 3. The average Bonchev–Trinajstić information content (AvgIpc) is 2.30. The van der Waals surface area contributed by atoms with E-state index in [2.05, 4.69) is 16.6 Å². The molecule has 0 aliphatic rings. The Morgan fingerprint density at radius 2 is 2.06 bits per heavy atom. The standard InChI is InChI=1S/C11H11N3O3/c1-2-3-8-12-11(15)13-9-4-6-10(7-5-9)14(16)17/h1,4-7H,3,8H2,(H2,12,13,15). The molecule has 0 spiro atoms. The van der Waals surface area contributed by atoms with E-state index < -0.39 is 11.0 Å². The second-order valence-corrected chi connectivity index (χ2v) is 3.14. The lowest BCUT2D eigenvalue weighted by Gasteiger charge is -2.05. The number of terminal acetylenes is 1. The Bertz CT molecular complexity index is 448. The van der Waals surface area contributed by atoms with E-state index in [1.54, 1.807) is 0 Å². The molecule has 1 aromatic carbocycles. The topological polar surface area (TPSA) is 84.3 Å². The van der Waals surface area contributed by atoms with Gasteiger partial charge in [-0.05, 0) is 12.1 Å².